The molecule has 3 N–H and O–H groups in total. The second-order valence-electron chi connectivity index (χ2n) is 2.70. The number of allylic oxidation sites excluding steroid dienone is 2. The van der Waals surface area contributed by atoms with E-state index < -0.39 is 0 Å². The third-order valence-electron chi connectivity index (χ3n) is 1.87. The summed E-state index contributed by atoms with van der Waals surface area (Å²) in [5.41, 5.74) is 7.40. The third-order valence-corrected chi connectivity index (χ3v) is 1.87. The van der Waals surface area contributed by atoms with Gasteiger partial charge in [0.1, 0.15) is 0 Å². The maximum absolute atomic E-state index is 9.04. The molecule has 0 amide bonds. The van der Waals surface area contributed by atoms with E-state index in [1.54, 1.807) is 7.05 Å². The van der Waals surface area contributed by atoms with Crippen LogP contribution in [-0.2, 0) is 0 Å². The van der Waals surface area contributed by atoms with Gasteiger partial charge in [0.15, 0.2) is 0 Å². The molecule has 0 aliphatic heterocycles. The molecule has 0 saturated carbocycles. The van der Waals surface area contributed by atoms with Gasteiger partial charge in [-0.05, 0) is 25.7 Å². The van der Waals surface area contributed by atoms with Gasteiger partial charge in [-0.2, -0.15) is 0 Å². The lowest BCUT2D eigenvalue weighted by Crippen LogP contribution is -2.20. The molecule has 0 bridgehead atoms. The van der Waals surface area contributed by atoms with Crippen molar-refractivity contribution < 1.29 is 5.21 Å². The van der Waals surface area contributed by atoms with E-state index in [1.165, 1.54) is 0 Å². The molecule has 0 aromatic heterocycles. The fourth-order valence-corrected chi connectivity index (χ4v) is 1.28. The third kappa shape index (κ3) is 1.42. The molecule has 0 atom stereocenters. The van der Waals surface area contributed by atoms with Crippen molar-refractivity contribution in [3.05, 3.63) is 11.4 Å². The van der Waals surface area contributed by atoms with Crippen LogP contribution in [0.25, 0.3) is 0 Å². The van der Waals surface area contributed by atoms with E-state index in [0.717, 1.165) is 42.1 Å². The summed E-state index contributed by atoms with van der Waals surface area (Å²) in [4.78, 5) is 0. The van der Waals surface area contributed by atoms with Gasteiger partial charge in [-0.1, -0.05) is 0 Å². The smallest absolute Gasteiger partial charge is 0.0591 e. The van der Waals surface area contributed by atoms with Gasteiger partial charge in [-0.15, -0.1) is 0 Å². The van der Waals surface area contributed by atoms with Crippen molar-refractivity contribution in [2.75, 3.05) is 7.05 Å². The Morgan fingerprint density at radius 2 is 2.00 bits per heavy atom. The summed E-state index contributed by atoms with van der Waals surface area (Å²) >= 11 is 0. The Hall–Kier alpha value is -0.700. The van der Waals surface area contributed by atoms with Crippen molar-refractivity contribution >= 4 is 0 Å². The molecule has 3 nitrogen and oxygen atoms in total. The first-order valence-corrected chi connectivity index (χ1v) is 3.62. The maximum atomic E-state index is 9.04. The van der Waals surface area contributed by atoms with Gasteiger partial charge in [0.25, 0.3) is 0 Å². The first-order valence-electron chi connectivity index (χ1n) is 3.62. The molecule has 0 unspecified atom stereocenters. The summed E-state index contributed by atoms with van der Waals surface area (Å²) < 4.78 is 0. The van der Waals surface area contributed by atoms with Gasteiger partial charge in [0.2, 0.25) is 0 Å². The van der Waals surface area contributed by atoms with Crippen molar-refractivity contribution in [2.24, 2.45) is 5.73 Å². The maximum Gasteiger partial charge on any atom is 0.0591 e. The molecule has 0 heterocycles. The standard InChI is InChI=1S/C7H14N2O/c1-9(10)7-5-3-2-4-6(7)8/h10H,2-5,8H2,1H3. The van der Waals surface area contributed by atoms with Crippen LogP contribution in [0.5, 0.6) is 0 Å². The van der Waals surface area contributed by atoms with E-state index in [4.69, 9.17) is 10.9 Å². The molecular weight excluding hydrogens is 128 g/mol. The highest BCUT2D eigenvalue weighted by Crippen LogP contribution is 2.21. The lowest BCUT2D eigenvalue weighted by molar-refractivity contribution is -0.0344. The van der Waals surface area contributed by atoms with Crippen molar-refractivity contribution in [3.63, 3.8) is 0 Å². The minimum atomic E-state index is 0.844. The predicted molar refractivity (Wildman–Crippen MR) is 39.2 cm³/mol. The van der Waals surface area contributed by atoms with Crippen LogP contribution in [0.15, 0.2) is 11.4 Å². The average Bonchev–Trinajstić information content (AvgIpc) is 1.88. The van der Waals surface area contributed by atoms with Gasteiger partial charge in [-0.25, -0.2) is 0 Å². The molecule has 0 aromatic carbocycles. The molecule has 1 aliphatic carbocycles. The topological polar surface area (TPSA) is 49.5 Å². The van der Waals surface area contributed by atoms with E-state index in [1.807, 2.05) is 0 Å². The SMILES string of the molecule is CN(O)C1=C(N)CCCC1. The van der Waals surface area contributed by atoms with Crippen LogP contribution < -0.4 is 5.73 Å². The quantitative estimate of drug-likeness (QED) is 0.538. The molecule has 10 heavy (non-hydrogen) atoms. The van der Waals surface area contributed by atoms with Gasteiger partial charge in [0.05, 0.1) is 5.70 Å². The Labute approximate surface area is 61.1 Å². The summed E-state index contributed by atoms with van der Waals surface area (Å²) in [6.07, 6.45) is 4.14. The average molecular weight is 142 g/mol. The zero-order chi connectivity index (χ0) is 7.56. The molecule has 0 radical (unpaired) electrons. The Kier molecular flexibility index (Phi) is 2.17. The zero-order valence-corrected chi connectivity index (χ0v) is 6.30. The lowest BCUT2D eigenvalue weighted by Gasteiger charge is -2.21. The molecule has 1 rings (SSSR count). The summed E-state index contributed by atoms with van der Waals surface area (Å²) in [7, 11) is 1.62. The lowest BCUT2D eigenvalue weighted by atomic mass is 10.0. The van der Waals surface area contributed by atoms with E-state index in [-0.39, 0.29) is 0 Å². The molecule has 3 heteroatoms. The van der Waals surface area contributed by atoms with Crippen LogP contribution in [0.1, 0.15) is 25.7 Å². The minimum Gasteiger partial charge on any atom is -0.401 e. The van der Waals surface area contributed by atoms with Crippen LogP contribution in [0, 0.1) is 0 Å². The molecule has 0 spiro atoms. The number of nitrogens with zero attached hydrogens (tertiary/aromatic N) is 1. The highest BCUT2D eigenvalue weighted by atomic mass is 16.5. The number of hydrogen-bond donors (Lipinski definition) is 2. The second kappa shape index (κ2) is 2.92. The van der Waals surface area contributed by atoms with Crippen LogP contribution >= 0.6 is 0 Å². The Balaban J connectivity index is 2.68. The van der Waals surface area contributed by atoms with Gasteiger partial charge in [-0.3, -0.25) is 10.3 Å². The molecule has 1 aliphatic rings. The van der Waals surface area contributed by atoms with E-state index in [2.05, 4.69) is 0 Å². The first-order chi connectivity index (χ1) is 4.72. The van der Waals surface area contributed by atoms with Crippen LogP contribution in [0.2, 0.25) is 0 Å². The first kappa shape index (κ1) is 7.41. The molecule has 0 saturated heterocycles. The second-order valence-corrected chi connectivity index (χ2v) is 2.70. The largest absolute Gasteiger partial charge is 0.401 e. The van der Waals surface area contributed by atoms with E-state index in [9.17, 15) is 0 Å². The monoisotopic (exact) mass is 142 g/mol. The normalized spacial score (nSPS) is 19.4. The van der Waals surface area contributed by atoms with E-state index >= 15 is 0 Å². The number of nitrogens with two attached hydrogens (primary N) is 1. The molecule has 58 valence electrons. The Morgan fingerprint density at radius 3 is 2.40 bits per heavy atom. The molecule has 0 aromatic rings. The van der Waals surface area contributed by atoms with Gasteiger partial charge >= 0.3 is 0 Å². The summed E-state index contributed by atoms with van der Waals surface area (Å²) in [6, 6.07) is 0. The van der Waals surface area contributed by atoms with Crippen LogP contribution in [0.3, 0.4) is 0 Å². The number of rotatable bonds is 1. The highest BCUT2D eigenvalue weighted by Gasteiger charge is 2.11. The minimum absolute atomic E-state index is 0.844. The fraction of sp³-hybridized carbons (Fsp3) is 0.714. The molecule has 0 fully saturated rings. The summed E-state index contributed by atoms with van der Waals surface area (Å²) in [5.74, 6) is 0. The predicted octanol–water partition coefficient (Wildman–Crippen LogP) is 1.05. The summed E-state index contributed by atoms with van der Waals surface area (Å²) in [6.45, 7) is 0. The number of hydrogen-bond acceptors (Lipinski definition) is 3. The fourth-order valence-electron chi connectivity index (χ4n) is 1.28. The van der Waals surface area contributed by atoms with Crippen LogP contribution in [-0.4, -0.2) is 17.3 Å². The van der Waals surface area contributed by atoms with Gasteiger partial charge < -0.3 is 5.73 Å². The zero-order valence-electron chi connectivity index (χ0n) is 6.30. The number of hydroxylamine groups is 2. The van der Waals surface area contributed by atoms with Crippen LogP contribution in [0.4, 0.5) is 0 Å². The Morgan fingerprint density at radius 1 is 1.40 bits per heavy atom. The molecular formula is C7H14N2O. The van der Waals surface area contributed by atoms with Gasteiger partial charge in [0, 0.05) is 12.7 Å². The van der Waals surface area contributed by atoms with Crippen molar-refractivity contribution in [1.82, 2.24) is 5.06 Å². The van der Waals surface area contributed by atoms with E-state index in [0.29, 0.717) is 0 Å². The summed E-state index contributed by atoms with van der Waals surface area (Å²) in [5, 5.41) is 10.2. The highest BCUT2D eigenvalue weighted by molar-refractivity contribution is 5.10. The van der Waals surface area contributed by atoms with Crippen molar-refractivity contribution in [1.29, 1.82) is 0 Å². The van der Waals surface area contributed by atoms with Crippen molar-refractivity contribution in [3.8, 4) is 0 Å². The Bertz CT molecular complexity index is 152. The van der Waals surface area contributed by atoms with Crippen molar-refractivity contribution in [2.45, 2.75) is 25.7 Å².